The summed E-state index contributed by atoms with van der Waals surface area (Å²) in [7, 11) is 0. The topological polar surface area (TPSA) is 38.1 Å². The number of carbonyl (C=O) groups excluding carboxylic acids is 1. The van der Waals surface area contributed by atoms with Crippen LogP contribution < -0.4 is 0 Å². The van der Waals surface area contributed by atoms with E-state index in [2.05, 4.69) is 23.8 Å². The first-order chi connectivity index (χ1) is 12.2. The van der Waals surface area contributed by atoms with Crippen LogP contribution in [-0.4, -0.2) is 33.4 Å². The highest BCUT2D eigenvalue weighted by molar-refractivity contribution is 5.81. The largest absolute Gasteiger partial charge is 0.334 e. The van der Waals surface area contributed by atoms with Crippen LogP contribution in [0.15, 0.2) is 49.6 Å². The third-order valence-corrected chi connectivity index (χ3v) is 5.00. The zero-order chi connectivity index (χ0) is 17.6. The molecule has 2 aromatic rings. The van der Waals surface area contributed by atoms with Crippen molar-refractivity contribution in [1.29, 1.82) is 0 Å². The van der Waals surface area contributed by atoms with Crippen molar-refractivity contribution in [2.75, 3.05) is 13.1 Å². The average molecular weight is 337 g/mol. The Labute approximate surface area is 149 Å². The SMILES string of the molecule is C=CCN(CC=C)C(=O)Cn1c(C2CCCCC2)nc2ccccc21. The van der Waals surface area contributed by atoms with Gasteiger partial charge in [0.2, 0.25) is 5.91 Å². The molecule has 25 heavy (non-hydrogen) atoms. The summed E-state index contributed by atoms with van der Waals surface area (Å²) in [6.45, 7) is 8.91. The lowest BCUT2D eigenvalue weighted by atomic mass is 9.88. The molecule has 0 atom stereocenters. The van der Waals surface area contributed by atoms with Gasteiger partial charge in [-0.05, 0) is 25.0 Å². The van der Waals surface area contributed by atoms with Crippen LogP contribution in [-0.2, 0) is 11.3 Å². The summed E-state index contributed by atoms with van der Waals surface area (Å²) in [5.41, 5.74) is 2.03. The fraction of sp³-hybridized carbons (Fsp3) is 0.429. The predicted octanol–water partition coefficient (Wildman–Crippen LogP) is 4.28. The number of imidazole rings is 1. The lowest BCUT2D eigenvalue weighted by molar-refractivity contribution is -0.130. The van der Waals surface area contributed by atoms with Gasteiger partial charge in [-0.1, -0.05) is 43.5 Å². The van der Waals surface area contributed by atoms with Crippen molar-refractivity contribution in [3.63, 3.8) is 0 Å². The van der Waals surface area contributed by atoms with Gasteiger partial charge in [0.1, 0.15) is 12.4 Å². The number of amides is 1. The Kier molecular flexibility index (Phi) is 5.69. The van der Waals surface area contributed by atoms with Gasteiger partial charge in [-0.2, -0.15) is 0 Å². The second-order valence-corrected chi connectivity index (χ2v) is 6.76. The highest BCUT2D eigenvalue weighted by Crippen LogP contribution is 2.33. The first kappa shape index (κ1) is 17.5. The van der Waals surface area contributed by atoms with Gasteiger partial charge in [-0.3, -0.25) is 4.79 Å². The van der Waals surface area contributed by atoms with Crippen molar-refractivity contribution < 1.29 is 4.79 Å². The van der Waals surface area contributed by atoms with Crippen molar-refractivity contribution in [2.24, 2.45) is 0 Å². The number of para-hydroxylation sites is 2. The molecule has 1 amide bonds. The Morgan fingerprint density at radius 2 is 1.84 bits per heavy atom. The zero-order valence-corrected chi connectivity index (χ0v) is 14.9. The van der Waals surface area contributed by atoms with Crippen LogP contribution in [0, 0.1) is 0 Å². The number of hydrogen-bond acceptors (Lipinski definition) is 2. The maximum atomic E-state index is 12.9. The predicted molar refractivity (Wildman–Crippen MR) is 103 cm³/mol. The third kappa shape index (κ3) is 3.84. The minimum atomic E-state index is 0.0833. The number of aromatic nitrogens is 2. The van der Waals surface area contributed by atoms with Crippen LogP contribution in [0.4, 0.5) is 0 Å². The Morgan fingerprint density at radius 1 is 1.16 bits per heavy atom. The van der Waals surface area contributed by atoms with E-state index in [4.69, 9.17) is 4.98 Å². The van der Waals surface area contributed by atoms with E-state index in [1.54, 1.807) is 17.1 Å². The molecular formula is C21H27N3O. The maximum absolute atomic E-state index is 12.9. The van der Waals surface area contributed by atoms with Gasteiger partial charge in [0, 0.05) is 19.0 Å². The van der Waals surface area contributed by atoms with Crippen LogP contribution in [0.1, 0.15) is 43.8 Å². The summed E-state index contributed by atoms with van der Waals surface area (Å²) in [6.07, 6.45) is 9.66. The zero-order valence-electron chi connectivity index (χ0n) is 14.9. The van der Waals surface area contributed by atoms with Crippen LogP contribution in [0.5, 0.6) is 0 Å². The van der Waals surface area contributed by atoms with Crippen molar-refractivity contribution in [2.45, 2.75) is 44.6 Å². The molecule has 1 aliphatic rings. The van der Waals surface area contributed by atoms with Gasteiger partial charge >= 0.3 is 0 Å². The number of nitrogens with zero attached hydrogens (tertiary/aromatic N) is 3. The summed E-state index contributed by atoms with van der Waals surface area (Å²) in [5, 5.41) is 0. The Balaban J connectivity index is 1.94. The number of rotatable bonds is 7. The van der Waals surface area contributed by atoms with E-state index in [1.807, 2.05) is 18.2 Å². The molecule has 4 heteroatoms. The minimum Gasteiger partial charge on any atom is -0.334 e. The van der Waals surface area contributed by atoms with Crippen molar-refractivity contribution in [3.8, 4) is 0 Å². The molecule has 3 rings (SSSR count). The molecule has 4 nitrogen and oxygen atoms in total. The van der Waals surface area contributed by atoms with Crippen molar-refractivity contribution in [3.05, 3.63) is 55.4 Å². The van der Waals surface area contributed by atoms with Gasteiger partial charge in [-0.25, -0.2) is 4.98 Å². The molecule has 132 valence electrons. The van der Waals surface area contributed by atoms with Gasteiger partial charge in [0.05, 0.1) is 11.0 Å². The fourth-order valence-corrected chi connectivity index (χ4v) is 3.76. The van der Waals surface area contributed by atoms with Crippen molar-refractivity contribution >= 4 is 16.9 Å². The highest BCUT2D eigenvalue weighted by atomic mass is 16.2. The van der Waals surface area contributed by atoms with Crippen LogP contribution in [0.2, 0.25) is 0 Å². The standard InChI is InChI=1S/C21H27N3O/c1-3-14-23(15-4-2)20(25)16-24-19-13-9-8-12-18(19)22-21(24)17-10-6-5-7-11-17/h3-4,8-9,12-13,17H,1-2,5-7,10-11,14-16H2. The second-order valence-electron chi connectivity index (χ2n) is 6.76. The normalized spacial score (nSPS) is 15.2. The molecule has 0 spiro atoms. The van der Waals surface area contributed by atoms with E-state index < -0.39 is 0 Å². The Hall–Kier alpha value is -2.36. The van der Waals surface area contributed by atoms with Crippen molar-refractivity contribution in [1.82, 2.24) is 14.5 Å². The lowest BCUT2D eigenvalue weighted by Gasteiger charge is -2.24. The molecule has 0 saturated heterocycles. The Morgan fingerprint density at radius 3 is 2.52 bits per heavy atom. The molecule has 0 N–H and O–H groups in total. The molecule has 1 fully saturated rings. The molecule has 0 unspecified atom stereocenters. The summed E-state index contributed by atoms with van der Waals surface area (Å²) in [4.78, 5) is 19.5. The molecule has 1 aliphatic carbocycles. The summed E-state index contributed by atoms with van der Waals surface area (Å²) in [6, 6.07) is 8.12. The molecule has 1 saturated carbocycles. The van der Waals surface area contributed by atoms with Crippen LogP contribution in [0.25, 0.3) is 11.0 Å². The number of benzene rings is 1. The molecule has 0 aliphatic heterocycles. The highest BCUT2D eigenvalue weighted by Gasteiger charge is 2.24. The lowest BCUT2D eigenvalue weighted by Crippen LogP contribution is -2.34. The van der Waals surface area contributed by atoms with E-state index >= 15 is 0 Å². The number of fused-ring (bicyclic) bond motifs is 1. The van der Waals surface area contributed by atoms with Crippen LogP contribution >= 0.6 is 0 Å². The third-order valence-electron chi connectivity index (χ3n) is 5.00. The van der Waals surface area contributed by atoms with Gasteiger partial charge in [0.25, 0.3) is 0 Å². The van der Waals surface area contributed by atoms with Gasteiger partial charge in [0.15, 0.2) is 0 Å². The molecular weight excluding hydrogens is 310 g/mol. The van der Waals surface area contributed by atoms with E-state index in [-0.39, 0.29) is 5.91 Å². The molecule has 1 heterocycles. The van der Waals surface area contributed by atoms with E-state index in [0.29, 0.717) is 25.6 Å². The molecule has 0 bridgehead atoms. The summed E-state index contributed by atoms with van der Waals surface area (Å²) in [5.74, 6) is 1.62. The molecule has 1 aromatic carbocycles. The fourth-order valence-electron chi connectivity index (χ4n) is 3.76. The summed E-state index contributed by atoms with van der Waals surface area (Å²) >= 11 is 0. The first-order valence-corrected chi connectivity index (χ1v) is 9.19. The van der Waals surface area contributed by atoms with Gasteiger partial charge < -0.3 is 9.47 Å². The monoisotopic (exact) mass is 337 g/mol. The first-order valence-electron chi connectivity index (χ1n) is 9.19. The average Bonchev–Trinajstić information content (AvgIpc) is 3.01. The van der Waals surface area contributed by atoms with Gasteiger partial charge in [-0.15, -0.1) is 13.2 Å². The van der Waals surface area contributed by atoms with E-state index in [0.717, 1.165) is 16.9 Å². The quantitative estimate of drug-likeness (QED) is 0.707. The molecule has 0 radical (unpaired) electrons. The summed E-state index contributed by atoms with van der Waals surface area (Å²) < 4.78 is 2.13. The van der Waals surface area contributed by atoms with E-state index in [1.165, 1.54) is 32.1 Å². The van der Waals surface area contributed by atoms with Crippen LogP contribution in [0.3, 0.4) is 0 Å². The Bertz CT molecular complexity index is 746. The number of carbonyl (C=O) groups is 1. The number of hydrogen-bond donors (Lipinski definition) is 0. The smallest absolute Gasteiger partial charge is 0.243 e. The van der Waals surface area contributed by atoms with E-state index in [9.17, 15) is 4.79 Å². The second kappa shape index (κ2) is 8.15. The maximum Gasteiger partial charge on any atom is 0.243 e. The molecule has 1 aromatic heterocycles. The minimum absolute atomic E-state index is 0.0833.